The van der Waals surface area contributed by atoms with Gasteiger partial charge in [0, 0.05) is 18.8 Å². The van der Waals surface area contributed by atoms with E-state index in [9.17, 15) is 0 Å². The quantitative estimate of drug-likeness (QED) is 0.487. The Morgan fingerprint density at radius 1 is 1.29 bits per heavy atom. The van der Waals surface area contributed by atoms with Crippen LogP contribution in [0.4, 0.5) is 0 Å². The van der Waals surface area contributed by atoms with E-state index in [0.29, 0.717) is 0 Å². The van der Waals surface area contributed by atoms with Gasteiger partial charge >= 0.3 is 0 Å². The van der Waals surface area contributed by atoms with E-state index in [1.807, 2.05) is 0 Å². The van der Waals surface area contributed by atoms with Crippen LogP contribution in [0.5, 0.6) is 0 Å². The van der Waals surface area contributed by atoms with Gasteiger partial charge in [-0.3, -0.25) is 0 Å². The molecule has 0 radical (unpaired) electrons. The number of nitrogens with zero attached hydrogens (tertiary/aromatic N) is 1. The van der Waals surface area contributed by atoms with E-state index in [4.69, 9.17) is 0 Å². The van der Waals surface area contributed by atoms with Crippen LogP contribution in [-0.4, -0.2) is 18.0 Å². The van der Waals surface area contributed by atoms with Gasteiger partial charge in [0.1, 0.15) is 0 Å². The molecule has 0 spiro atoms. The topological polar surface area (TPSA) is 3.24 Å². The molecule has 0 bridgehead atoms. The first-order chi connectivity index (χ1) is 6.79. The van der Waals surface area contributed by atoms with Crippen LogP contribution in [0.25, 0.3) is 0 Å². The first-order valence-electron chi connectivity index (χ1n) is 5.39. The van der Waals surface area contributed by atoms with Crippen molar-refractivity contribution in [1.82, 2.24) is 4.90 Å². The fourth-order valence-corrected chi connectivity index (χ4v) is 1.76. The Morgan fingerprint density at radius 3 is 2.14 bits per heavy atom. The van der Waals surface area contributed by atoms with Crippen molar-refractivity contribution in [2.24, 2.45) is 0 Å². The van der Waals surface area contributed by atoms with E-state index in [0.717, 1.165) is 6.42 Å². The molecule has 0 unspecified atom stereocenters. The molecular weight excluding hydrogens is 170 g/mol. The molecule has 1 saturated heterocycles. The van der Waals surface area contributed by atoms with E-state index in [1.165, 1.54) is 37.2 Å². The molecule has 0 aromatic rings. The Labute approximate surface area is 88.8 Å². The van der Waals surface area contributed by atoms with Crippen LogP contribution in [-0.2, 0) is 0 Å². The van der Waals surface area contributed by atoms with E-state index in [2.05, 4.69) is 44.6 Å². The van der Waals surface area contributed by atoms with Crippen molar-refractivity contribution in [2.45, 2.75) is 33.1 Å². The van der Waals surface area contributed by atoms with E-state index < -0.39 is 0 Å². The number of allylic oxidation sites excluding steroid dienone is 2. The summed E-state index contributed by atoms with van der Waals surface area (Å²) in [6, 6.07) is 0. The Kier molecular flexibility index (Phi) is 6.91. The maximum atomic E-state index is 4.14. The zero-order valence-corrected chi connectivity index (χ0v) is 9.68. The fraction of sp³-hybridized carbons (Fsp3) is 0.538. The maximum absolute atomic E-state index is 4.14. The van der Waals surface area contributed by atoms with Crippen LogP contribution in [0, 0.1) is 0 Å². The lowest BCUT2D eigenvalue weighted by molar-refractivity contribution is 0.433. The Morgan fingerprint density at radius 2 is 1.79 bits per heavy atom. The third kappa shape index (κ3) is 3.41. The minimum absolute atomic E-state index is 1.10. The van der Waals surface area contributed by atoms with Crippen molar-refractivity contribution in [3.8, 4) is 0 Å². The average Bonchev–Trinajstić information content (AvgIpc) is 2.75. The van der Waals surface area contributed by atoms with Gasteiger partial charge in [-0.2, -0.15) is 0 Å². The van der Waals surface area contributed by atoms with Gasteiger partial charge in [0.05, 0.1) is 0 Å². The summed E-state index contributed by atoms with van der Waals surface area (Å²) in [5, 5.41) is 0. The van der Waals surface area contributed by atoms with E-state index >= 15 is 0 Å². The van der Waals surface area contributed by atoms with Crippen LogP contribution in [0.15, 0.2) is 37.1 Å². The summed E-state index contributed by atoms with van der Waals surface area (Å²) >= 11 is 0. The highest BCUT2D eigenvalue weighted by atomic mass is 15.1. The highest BCUT2D eigenvalue weighted by molar-refractivity contribution is 5.26. The molecule has 80 valence electrons. The molecule has 1 heterocycles. The van der Waals surface area contributed by atoms with Crippen molar-refractivity contribution >= 4 is 0 Å². The van der Waals surface area contributed by atoms with Gasteiger partial charge in [0.2, 0.25) is 0 Å². The van der Waals surface area contributed by atoms with Crippen LogP contribution < -0.4 is 0 Å². The molecule has 0 saturated carbocycles. The monoisotopic (exact) mass is 193 g/mol. The second-order valence-electron chi connectivity index (χ2n) is 3.31. The minimum atomic E-state index is 1.10. The lowest BCUT2D eigenvalue weighted by Crippen LogP contribution is -2.18. The summed E-state index contributed by atoms with van der Waals surface area (Å²) in [5.74, 6) is 0. The molecule has 1 fully saturated rings. The first kappa shape index (κ1) is 13.0. The van der Waals surface area contributed by atoms with Crippen LogP contribution in [0.3, 0.4) is 0 Å². The maximum Gasteiger partial charge on any atom is 0.0322 e. The highest BCUT2D eigenvalue weighted by Crippen LogP contribution is 2.21. The smallest absolute Gasteiger partial charge is 0.0322 e. The van der Waals surface area contributed by atoms with Crippen molar-refractivity contribution < 1.29 is 0 Å². The lowest BCUT2D eigenvalue weighted by atomic mass is 10.1. The number of rotatable bonds is 3. The van der Waals surface area contributed by atoms with Gasteiger partial charge in [0.15, 0.2) is 0 Å². The van der Waals surface area contributed by atoms with Crippen LogP contribution >= 0.6 is 0 Å². The molecule has 1 aliphatic heterocycles. The molecule has 0 atom stereocenters. The molecule has 0 aromatic carbocycles. The standard InChI is InChI=1S/C11H19N.C2H4/c1-4-11(5-2)10(3)12-8-6-7-9-12;1-2/h4H,3,5-9H2,1-2H3;1-2H2/b11-4-;. The minimum Gasteiger partial charge on any atom is -0.372 e. The summed E-state index contributed by atoms with van der Waals surface area (Å²) < 4.78 is 0. The molecule has 0 aromatic heterocycles. The van der Waals surface area contributed by atoms with Gasteiger partial charge < -0.3 is 4.90 Å². The second-order valence-corrected chi connectivity index (χ2v) is 3.31. The van der Waals surface area contributed by atoms with Crippen molar-refractivity contribution in [3.63, 3.8) is 0 Å². The second kappa shape index (κ2) is 7.43. The molecule has 0 N–H and O–H groups in total. The molecular formula is C13H23N. The highest BCUT2D eigenvalue weighted by Gasteiger charge is 2.14. The van der Waals surface area contributed by atoms with Crippen molar-refractivity contribution in [2.75, 3.05) is 13.1 Å². The molecule has 0 aliphatic carbocycles. The molecule has 1 heteroatoms. The van der Waals surface area contributed by atoms with Gasteiger partial charge in [-0.1, -0.05) is 19.6 Å². The Bertz CT molecular complexity index is 197. The predicted molar refractivity (Wildman–Crippen MR) is 65.2 cm³/mol. The van der Waals surface area contributed by atoms with E-state index in [-0.39, 0.29) is 0 Å². The van der Waals surface area contributed by atoms with Gasteiger partial charge in [-0.25, -0.2) is 0 Å². The number of likely N-dealkylation sites (tertiary alicyclic amines) is 1. The normalized spacial score (nSPS) is 16.1. The predicted octanol–water partition coefficient (Wildman–Crippen LogP) is 3.75. The lowest BCUT2D eigenvalue weighted by Gasteiger charge is -2.21. The SMILES string of the molecule is C=C.C=C(/C(=C\C)CC)N1CCCC1. The van der Waals surface area contributed by atoms with Crippen LogP contribution in [0.2, 0.25) is 0 Å². The molecule has 1 nitrogen and oxygen atoms in total. The Hall–Kier alpha value is -0.980. The third-order valence-corrected chi connectivity index (χ3v) is 2.59. The third-order valence-electron chi connectivity index (χ3n) is 2.59. The van der Waals surface area contributed by atoms with Crippen molar-refractivity contribution in [3.05, 3.63) is 37.1 Å². The van der Waals surface area contributed by atoms with Gasteiger partial charge in [-0.05, 0) is 31.8 Å². The van der Waals surface area contributed by atoms with Gasteiger partial charge in [-0.15, -0.1) is 13.2 Å². The molecule has 1 rings (SSSR count). The Balaban J connectivity index is 0.000000791. The summed E-state index contributed by atoms with van der Waals surface area (Å²) in [6.07, 6.45) is 5.95. The van der Waals surface area contributed by atoms with Gasteiger partial charge in [0.25, 0.3) is 0 Å². The number of hydrogen-bond acceptors (Lipinski definition) is 1. The first-order valence-corrected chi connectivity index (χ1v) is 5.39. The summed E-state index contributed by atoms with van der Waals surface area (Å²) in [4.78, 5) is 2.40. The number of hydrogen-bond donors (Lipinski definition) is 0. The summed E-state index contributed by atoms with van der Waals surface area (Å²) in [5.41, 5.74) is 2.65. The zero-order chi connectivity index (χ0) is 11.0. The zero-order valence-electron chi connectivity index (χ0n) is 9.68. The summed E-state index contributed by atoms with van der Waals surface area (Å²) in [6.45, 7) is 16.8. The van der Waals surface area contributed by atoms with E-state index in [1.54, 1.807) is 0 Å². The van der Waals surface area contributed by atoms with Crippen molar-refractivity contribution in [1.29, 1.82) is 0 Å². The largest absolute Gasteiger partial charge is 0.372 e. The van der Waals surface area contributed by atoms with Crippen LogP contribution in [0.1, 0.15) is 33.1 Å². The molecule has 14 heavy (non-hydrogen) atoms. The average molecular weight is 193 g/mol. The molecule has 0 amide bonds. The fourth-order valence-electron chi connectivity index (χ4n) is 1.76. The summed E-state index contributed by atoms with van der Waals surface area (Å²) in [7, 11) is 0. The molecule has 1 aliphatic rings.